The fraction of sp³-hybridized carbons (Fsp3) is 0.333. The minimum absolute atomic E-state index is 0. The molecule has 43 valence electrons. The van der Waals surface area contributed by atoms with Gasteiger partial charge >= 0.3 is 0 Å². The van der Waals surface area contributed by atoms with Crippen LogP contribution >= 0.6 is 0 Å². The van der Waals surface area contributed by atoms with E-state index in [2.05, 4.69) is 9.97 Å². The Bertz CT molecular complexity index is 171. The Balaban J connectivity index is 0.000000640. The molecule has 0 unspecified atom stereocenters. The van der Waals surface area contributed by atoms with E-state index in [0.29, 0.717) is 0 Å². The summed E-state index contributed by atoms with van der Waals surface area (Å²) in [5.41, 5.74) is 2.05. The molecule has 0 saturated heterocycles. The van der Waals surface area contributed by atoms with Crippen molar-refractivity contribution in [1.29, 1.82) is 0 Å². The van der Waals surface area contributed by atoms with Gasteiger partial charge in [0.2, 0.25) is 0 Å². The Labute approximate surface area is 77.0 Å². The Hall–Kier alpha value is 0.0800. The summed E-state index contributed by atoms with van der Waals surface area (Å²) >= 11 is 0. The summed E-state index contributed by atoms with van der Waals surface area (Å²) in [4.78, 5) is 7.86. The fourth-order valence-corrected chi connectivity index (χ4v) is 0.588. The molecule has 0 atom stereocenters. The molecular formula is C6H8N2Na. The van der Waals surface area contributed by atoms with Crippen LogP contribution in [-0.2, 0) is 0 Å². The van der Waals surface area contributed by atoms with Gasteiger partial charge in [-0.15, -0.1) is 0 Å². The van der Waals surface area contributed by atoms with Crippen LogP contribution in [-0.4, -0.2) is 39.5 Å². The molecule has 1 aromatic rings. The van der Waals surface area contributed by atoms with Crippen LogP contribution in [0, 0.1) is 13.8 Å². The van der Waals surface area contributed by atoms with Gasteiger partial charge < -0.3 is 0 Å². The molecule has 0 aliphatic carbocycles. The van der Waals surface area contributed by atoms with Gasteiger partial charge in [-0.1, -0.05) is 0 Å². The van der Waals surface area contributed by atoms with Crippen LogP contribution < -0.4 is 0 Å². The van der Waals surface area contributed by atoms with E-state index in [4.69, 9.17) is 0 Å². The Morgan fingerprint density at radius 3 is 1.78 bits per heavy atom. The van der Waals surface area contributed by atoms with Crippen LogP contribution in [0.3, 0.4) is 0 Å². The second kappa shape index (κ2) is 3.99. The molecule has 1 heterocycles. The smallest absolute Gasteiger partial charge is 0.115 e. The number of nitrogens with zero attached hydrogens (tertiary/aromatic N) is 2. The summed E-state index contributed by atoms with van der Waals surface area (Å²) in [6.45, 7) is 3.91. The summed E-state index contributed by atoms with van der Waals surface area (Å²) in [6, 6.07) is 1.94. The quantitative estimate of drug-likeness (QED) is 0.484. The van der Waals surface area contributed by atoms with E-state index in [-0.39, 0.29) is 29.6 Å². The van der Waals surface area contributed by atoms with Crippen molar-refractivity contribution in [3.05, 3.63) is 23.8 Å². The third kappa shape index (κ3) is 2.94. The van der Waals surface area contributed by atoms with Gasteiger partial charge in [-0.2, -0.15) is 0 Å². The van der Waals surface area contributed by atoms with Crippen molar-refractivity contribution in [3.8, 4) is 0 Å². The fourth-order valence-electron chi connectivity index (χ4n) is 0.588. The van der Waals surface area contributed by atoms with Crippen molar-refractivity contribution in [2.24, 2.45) is 0 Å². The second-order valence-corrected chi connectivity index (χ2v) is 1.80. The Morgan fingerprint density at radius 1 is 1.11 bits per heavy atom. The zero-order valence-corrected chi connectivity index (χ0v) is 8.05. The molecule has 0 saturated carbocycles. The molecule has 9 heavy (non-hydrogen) atoms. The van der Waals surface area contributed by atoms with Crippen LogP contribution in [0.15, 0.2) is 12.4 Å². The molecule has 2 nitrogen and oxygen atoms in total. The molecule has 0 bridgehead atoms. The maximum atomic E-state index is 3.93. The number of hydrogen-bond acceptors (Lipinski definition) is 2. The van der Waals surface area contributed by atoms with E-state index in [1.165, 1.54) is 0 Å². The second-order valence-electron chi connectivity index (χ2n) is 1.80. The molecule has 1 radical (unpaired) electrons. The molecule has 1 aromatic heterocycles. The minimum Gasteiger partial charge on any atom is -0.242 e. The molecule has 0 fully saturated rings. The van der Waals surface area contributed by atoms with E-state index >= 15 is 0 Å². The first kappa shape index (κ1) is 9.08. The summed E-state index contributed by atoms with van der Waals surface area (Å²) in [5.74, 6) is 0. The third-order valence-electron chi connectivity index (χ3n) is 0.941. The van der Waals surface area contributed by atoms with Gasteiger partial charge in [-0.25, -0.2) is 9.97 Å². The Morgan fingerprint density at radius 2 is 1.56 bits per heavy atom. The normalized spacial score (nSPS) is 8.22. The number of aryl methyl sites for hydroxylation is 2. The van der Waals surface area contributed by atoms with Crippen molar-refractivity contribution in [3.63, 3.8) is 0 Å². The van der Waals surface area contributed by atoms with Crippen LogP contribution in [0.5, 0.6) is 0 Å². The maximum Gasteiger partial charge on any atom is 0.115 e. The summed E-state index contributed by atoms with van der Waals surface area (Å²) in [5, 5.41) is 0. The largest absolute Gasteiger partial charge is 0.242 e. The van der Waals surface area contributed by atoms with Crippen LogP contribution in [0.2, 0.25) is 0 Å². The molecular weight excluding hydrogens is 123 g/mol. The van der Waals surface area contributed by atoms with Gasteiger partial charge in [0.1, 0.15) is 6.33 Å². The summed E-state index contributed by atoms with van der Waals surface area (Å²) in [7, 11) is 0. The number of rotatable bonds is 0. The summed E-state index contributed by atoms with van der Waals surface area (Å²) in [6.07, 6.45) is 1.57. The van der Waals surface area contributed by atoms with Crippen molar-refractivity contribution < 1.29 is 0 Å². The molecule has 0 aromatic carbocycles. The van der Waals surface area contributed by atoms with Gasteiger partial charge in [0.15, 0.2) is 0 Å². The minimum atomic E-state index is 0. The first-order valence-corrected chi connectivity index (χ1v) is 2.54. The molecule has 0 amide bonds. The van der Waals surface area contributed by atoms with Gasteiger partial charge in [-0.3, -0.25) is 0 Å². The molecule has 0 spiro atoms. The van der Waals surface area contributed by atoms with E-state index in [1.807, 2.05) is 19.9 Å². The van der Waals surface area contributed by atoms with Crippen molar-refractivity contribution in [1.82, 2.24) is 9.97 Å². The zero-order valence-electron chi connectivity index (χ0n) is 6.05. The summed E-state index contributed by atoms with van der Waals surface area (Å²) < 4.78 is 0. The van der Waals surface area contributed by atoms with Gasteiger partial charge in [0.25, 0.3) is 0 Å². The topological polar surface area (TPSA) is 25.8 Å². The van der Waals surface area contributed by atoms with E-state index in [0.717, 1.165) is 11.4 Å². The first-order valence-electron chi connectivity index (χ1n) is 2.54. The average molecular weight is 131 g/mol. The number of hydrogen-bond donors (Lipinski definition) is 0. The maximum absolute atomic E-state index is 3.93. The van der Waals surface area contributed by atoms with E-state index < -0.39 is 0 Å². The molecule has 3 heteroatoms. The third-order valence-corrected chi connectivity index (χ3v) is 0.941. The van der Waals surface area contributed by atoms with E-state index in [1.54, 1.807) is 6.33 Å². The average Bonchev–Trinajstić information content (AvgIpc) is 1.64. The van der Waals surface area contributed by atoms with Crippen molar-refractivity contribution >= 4 is 29.6 Å². The SMILES string of the molecule is Cc1cc(C)ncn1.[Na]. The van der Waals surface area contributed by atoms with E-state index in [9.17, 15) is 0 Å². The first-order chi connectivity index (χ1) is 3.79. The van der Waals surface area contributed by atoms with Gasteiger partial charge in [-0.05, 0) is 19.9 Å². The zero-order chi connectivity index (χ0) is 5.98. The Kier molecular flexibility index (Phi) is 4.02. The molecule has 0 aliphatic rings. The van der Waals surface area contributed by atoms with Crippen LogP contribution in [0.4, 0.5) is 0 Å². The predicted octanol–water partition coefficient (Wildman–Crippen LogP) is 0.713. The molecule has 0 aliphatic heterocycles. The predicted molar refractivity (Wildman–Crippen MR) is 37.3 cm³/mol. The molecule has 0 N–H and O–H groups in total. The van der Waals surface area contributed by atoms with Crippen molar-refractivity contribution in [2.45, 2.75) is 13.8 Å². The van der Waals surface area contributed by atoms with Gasteiger partial charge in [0.05, 0.1) is 0 Å². The van der Waals surface area contributed by atoms with Crippen molar-refractivity contribution in [2.75, 3.05) is 0 Å². The number of aromatic nitrogens is 2. The van der Waals surface area contributed by atoms with Crippen LogP contribution in [0.1, 0.15) is 11.4 Å². The monoisotopic (exact) mass is 131 g/mol. The van der Waals surface area contributed by atoms with Gasteiger partial charge in [0, 0.05) is 40.9 Å². The standard InChI is InChI=1S/C6H8N2.Na/c1-5-3-6(2)8-4-7-5;/h3-4H,1-2H3;. The molecule has 1 rings (SSSR count). The van der Waals surface area contributed by atoms with Crippen LogP contribution in [0.25, 0.3) is 0 Å².